The molecule has 0 fully saturated rings. The molecule has 1 aromatic rings. The summed E-state index contributed by atoms with van der Waals surface area (Å²) < 4.78 is 5.49. The molecule has 112 valence electrons. The smallest absolute Gasteiger partial charge is 0.310 e. The molecule has 0 radical (unpaired) electrons. The second kappa shape index (κ2) is 8.62. The van der Waals surface area contributed by atoms with Gasteiger partial charge in [0.1, 0.15) is 5.75 Å². The molecular weight excluding hydrogens is 252 g/mol. The van der Waals surface area contributed by atoms with Crippen LogP contribution in [0, 0.1) is 0 Å². The van der Waals surface area contributed by atoms with Crippen LogP contribution in [-0.2, 0) is 11.2 Å². The largest absolute Gasteiger partial charge is 0.494 e. The molecule has 0 aliphatic heterocycles. The first-order valence-corrected chi connectivity index (χ1v) is 7.62. The Morgan fingerprint density at radius 1 is 1.25 bits per heavy atom. The number of rotatable bonds is 9. The molecule has 0 aliphatic carbocycles. The molecule has 1 rings (SSSR count). The standard InChI is InChI=1S/C17H26O3/c1-4-7-8-9-16(17(18)19)15-11-10-14(20-6-3)12-13(15)5-2/h10-12,16H,4-9H2,1-3H3,(H,18,19). The lowest BCUT2D eigenvalue weighted by Gasteiger charge is -2.17. The van der Waals surface area contributed by atoms with E-state index < -0.39 is 11.9 Å². The quantitative estimate of drug-likeness (QED) is 0.681. The molecular formula is C17H26O3. The van der Waals surface area contributed by atoms with Gasteiger partial charge in [-0.1, -0.05) is 39.2 Å². The van der Waals surface area contributed by atoms with Crippen molar-refractivity contribution in [3.05, 3.63) is 29.3 Å². The predicted molar refractivity (Wildman–Crippen MR) is 81.5 cm³/mol. The molecule has 1 N–H and O–H groups in total. The van der Waals surface area contributed by atoms with Crippen LogP contribution in [0.5, 0.6) is 5.75 Å². The van der Waals surface area contributed by atoms with E-state index in [9.17, 15) is 9.90 Å². The molecule has 1 unspecified atom stereocenters. The Labute approximate surface area is 122 Å². The van der Waals surface area contributed by atoms with Crippen LogP contribution in [0.25, 0.3) is 0 Å². The second-order valence-corrected chi connectivity index (χ2v) is 5.03. The summed E-state index contributed by atoms with van der Waals surface area (Å²) in [6, 6.07) is 5.79. The third kappa shape index (κ3) is 4.55. The number of carbonyl (C=O) groups is 1. The summed E-state index contributed by atoms with van der Waals surface area (Å²) in [4.78, 5) is 11.5. The molecule has 1 atom stereocenters. The van der Waals surface area contributed by atoms with Crippen molar-refractivity contribution in [2.24, 2.45) is 0 Å². The SMILES string of the molecule is CCCCCC(C(=O)O)c1ccc(OCC)cc1CC. The predicted octanol–water partition coefficient (Wildman–Crippen LogP) is 4.40. The summed E-state index contributed by atoms with van der Waals surface area (Å²) in [5, 5.41) is 9.49. The minimum atomic E-state index is -0.722. The van der Waals surface area contributed by atoms with Gasteiger partial charge >= 0.3 is 5.97 Å². The highest BCUT2D eigenvalue weighted by Crippen LogP contribution is 2.29. The van der Waals surface area contributed by atoms with Crippen LogP contribution in [-0.4, -0.2) is 17.7 Å². The van der Waals surface area contributed by atoms with Gasteiger partial charge in [0.15, 0.2) is 0 Å². The third-order valence-electron chi connectivity index (χ3n) is 3.58. The van der Waals surface area contributed by atoms with E-state index >= 15 is 0 Å². The summed E-state index contributed by atoms with van der Waals surface area (Å²) in [6.45, 7) is 6.76. The Morgan fingerprint density at radius 3 is 2.55 bits per heavy atom. The summed E-state index contributed by atoms with van der Waals surface area (Å²) >= 11 is 0. The maximum Gasteiger partial charge on any atom is 0.310 e. The van der Waals surface area contributed by atoms with Gasteiger partial charge in [0.2, 0.25) is 0 Å². The fourth-order valence-corrected chi connectivity index (χ4v) is 2.50. The van der Waals surface area contributed by atoms with Gasteiger partial charge in [-0.15, -0.1) is 0 Å². The van der Waals surface area contributed by atoms with E-state index in [0.717, 1.165) is 42.6 Å². The fourth-order valence-electron chi connectivity index (χ4n) is 2.50. The molecule has 0 saturated heterocycles. The molecule has 0 amide bonds. The lowest BCUT2D eigenvalue weighted by atomic mass is 9.88. The Balaban J connectivity index is 2.96. The highest BCUT2D eigenvalue weighted by molar-refractivity contribution is 5.76. The fraction of sp³-hybridized carbons (Fsp3) is 0.588. The van der Waals surface area contributed by atoms with E-state index in [-0.39, 0.29) is 0 Å². The number of carboxylic acids is 1. The number of hydrogen-bond acceptors (Lipinski definition) is 2. The molecule has 0 bridgehead atoms. The van der Waals surface area contributed by atoms with Crippen molar-refractivity contribution in [3.8, 4) is 5.75 Å². The van der Waals surface area contributed by atoms with Gasteiger partial charge < -0.3 is 9.84 Å². The molecule has 0 spiro atoms. The first kappa shape index (κ1) is 16.5. The van der Waals surface area contributed by atoms with Gasteiger partial charge in [0.05, 0.1) is 12.5 Å². The normalized spacial score (nSPS) is 12.2. The van der Waals surface area contributed by atoms with E-state index in [1.54, 1.807) is 0 Å². The summed E-state index contributed by atoms with van der Waals surface area (Å²) in [7, 11) is 0. The summed E-state index contributed by atoms with van der Waals surface area (Å²) in [5.41, 5.74) is 2.03. The molecule has 1 aromatic carbocycles. The molecule has 0 aromatic heterocycles. The van der Waals surface area contributed by atoms with Crippen LogP contribution in [0.2, 0.25) is 0 Å². The highest BCUT2D eigenvalue weighted by atomic mass is 16.5. The Morgan fingerprint density at radius 2 is 2.00 bits per heavy atom. The average Bonchev–Trinajstić information content (AvgIpc) is 2.44. The Hall–Kier alpha value is -1.51. The van der Waals surface area contributed by atoms with Crippen LogP contribution >= 0.6 is 0 Å². The van der Waals surface area contributed by atoms with Crippen molar-refractivity contribution in [3.63, 3.8) is 0 Å². The molecule has 0 heterocycles. The van der Waals surface area contributed by atoms with Crippen molar-refractivity contribution in [1.82, 2.24) is 0 Å². The zero-order valence-electron chi connectivity index (χ0n) is 12.8. The maximum absolute atomic E-state index is 11.5. The Kier molecular flexibility index (Phi) is 7.13. The Bertz CT molecular complexity index is 426. The van der Waals surface area contributed by atoms with Crippen LogP contribution < -0.4 is 4.74 Å². The second-order valence-electron chi connectivity index (χ2n) is 5.03. The van der Waals surface area contributed by atoms with Crippen LogP contribution in [0.1, 0.15) is 63.5 Å². The van der Waals surface area contributed by atoms with Gasteiger partial charge in [-0.2, -0.15) is 0 Å². The van der Waals surface area contributed by atoms with Gasteiger partial charge in [-0.05, 0) is 43.0 Å². The summed E-state index contributed by atoms with van der Waals surface area (Å²) in [6.07, 6.45) is 4.69. The van der Waals surface area contributed by atoms with E-state index in [1.807, 2.05) is 25.1 Å². The monoisotopic (exact) mass is 278 g/mol. The number of benzene rings is 1. The first-order valence-electron chi connectivity index (χ1n) is 7.62. The average molecular weight is 278 g/mol. The number of hydrogen-bond donors (Lipinski definition) is 1. The molecule has 3 nitrogen and oxygen atoms in total. The van der Waals surface area contributed by atoms with Crippen molar-refractivity contribution in [1.29, 1.82) is 0 Å². The first-order chi connectivity index (χ1) is 9.63. The van der Waals surface area contributed by atoms with Crippen molar-refractivity contribution in [2.45, 2.75) is 58.8 Å². The van der Waals surface area contributed by atoms with Gasteiger partial charge in [0.25, 0.3) is 0 Å². The summed E-state index contributed by atoms with van der Waals surface area (Å²) in [5.74, 6) is -0.294. The van der Waals surface area contributed by atoms with Crippen LogP contribution in [0.3, 0.4) is 0 Å². The minimum Gasteiger partial charge on any atom is -0.494 e. The lowest BCUT2D eigenvalue weighted by Crippen LogP contribution is -2.14. The highest BCUT2D eigenvalue weighted by Gasteiger charge is 2.22. The zero-order chi connectivity index (χ0) is 15.0. The van der Waals surface area contributed by atoms with Crippen LogP contribution in [0.4, 0.5) is 0 Å². The van der Waals surface area contributed by atoms with E-state index in [0.29, 0.717) is 13.0 Å². The number of aryl methyl sites for hydroxylation is 1. The van der Waals surface area contributed by atoms with E-state index in [4.69, 9.17) is 4.74 Å². The number of carboxylic acid groups (broad SMARTS) is 1. The van der Waals surface area contributed by atoms with Crippen LogP contribution in [0.15, 0.2) is 18.2 Å². The van der Waals surface area contributed by atoms with E-state index in [1.165, 1.54) is 0 Å². The van der Waals surface area contributed by atoms with E-state index in [2.05, 4.69) is 13.8 Å². The molecule has 20 heavy (non-hydrogen) atoms. The van der Waals surface area contributed by atoms with Crippen molar-refractivity contribution >= 4 is 5.97 Å². The molecule has 0 saturated carbocycles. The maximum atomic E-state index is 11.5. The topological polar surface area (TPSA) is 46.5 Å². The lowest BCUT2D eigenvalue weighted by molar-refractivity contribution is -0.139. The van der Waals surface area contributed by atoms with Gasteiger partial charge in [0, 0.05) is 0 Å². The van der Waals surface area contributed by atoms with Crippen molar-refractivity contribution in [2.75, 3.05) is 6.61 Å². The number of unbranched alkanes of at least 4 members (excludes halogenated alkanes) is 2. The minimum absolute atomic E-state index is 0.396. The zero-order valence-corrected chi connectivity index (χ0v) is 12.8. The molecule has 0 aliphatic rings. The number of ether oxygens (including phenoxy) is 1. The van der Waals surface area contributed by atoms with Gasteiger partial charge in [-0.25, -0.2) is 0 Å². The van der Waals surface area contributed by atoms with Crippen molar-refractivity contribution < 1.29 is 14.6 Å². The third-order valence-corrected chi connectivity index (χ3v) is 3.58. The number of aliphatic carboxylic acids is 1. The van der Waals surface area contributed by atoms with Gasteiger partial charge in [-0.3, -0.25) is 4.79 Å². The molecule has 3 heteroatoms.